The van der Waals surface area contributed by atoms with Crippen LogP contribution in [0, 0.1) is 0 Å². The topological polar surface area (TPSA) is 35.2 Å². The summed E-state index contributed by atoms with van der Waals surface area (Å²) >= 11 is 0. The molecule has 0 saturated heterocycles. The summed E-state index contributed by atoms with van der Waals surface area (Å²) in [5, 5.41) is 2.40. The lowest BCUT2D eigenvalue weighted by Gasteiger charge is -2.27. The first-order chi connectivity index (χ1) is 10.1. The third-order valence-electron chi connectivity index (χ3n) is 4.04. The van der Waals surface area contributed by atoms with Gasteiger partial charge in [-0.3, -0.25) is 0 Å². The van der Waals surface area contributed by atoms with Crippen molar-refractivity contribution in [3.05, 3.63) is 77.9 Å². The molecule has 0 spiro atoms. The zero-order chi connectivity index (χ0) is 14.9. The van der Waals surface area contributed by atoms with Crippen molar-refractivity contribution in [1.82, 2.24) is 0 Å². The van der Waals surface area contributed by atoms with E-state index in [0.29, 0.717) is 0 Å². The molecule has 21 heavy (non-hydrogen) atoms. The van der Waals surface area contributed by atoms with Crippen LogP contribution >= 0.6 is 0 Å². The molecule has 3 rings (SSSR count). The van der Waals surface area contributed by atoms with Crippen LogP contribution in [-0.2, 0) is 5.54 Å². The highest BCUT2D eigenvalue weighted by Gasteiger charge is 2.25. The second-order valence-electron chi connectivity index (χ2n) is 5.46. The molecular weight excluding hydrogens is 258 g/mol. The van der Waals surface area contributed by atoms with E-state index in [-0.39, 0.29) is 0 Å². The van der Waals surface area contributed by atoms with Gasteiger partial charge in [-0.25, -0.2) is 0 Å². The molecule has 2 heteroatoms. The van der Waals surface area contributed by atoms with Crippen LogP contribution in [-0.4, -0.2) is 7.11 Å². The van der Waals surface area contributed by atoms with Crippen molar-refractivity contribution >= 4 is 10.8 Å². The van der Waals surface area contributed by atoms with Gasteiger partial charge >= 0.3 is 0 Å². The maximum absolute atomic E-state index is 6.68. The summed E-state index contributed by atoms with van der Waals surface area (Å²) in [5.74, 6) is 0.840. The first-order valence-electron chi connectivity index (χ1n) is 7.04. The van der Waals surface area contributed by atoms with Crippen LogP contribution in [0.15, 0.2) is 66.7 Å². The van der Waals surface area contributed by atoms with Crippen LogP contribution in [0.1, 0.15) is 18.1 Å². The van der Waals surface area contributed by atoms with Gasteiger partial charge in [0.05, 0.1) is 12.6 Å². The Morgan fingerprint density at radius 2 is 1.52 bits per heavy atom. The molecule has 0 amide bonds. The van der Waals surface area contributed by atoms with E-state index < -0.39 is 5.54 Å². The van der Waals surface area contributed by atoms with Crippen LogP contribution < -0.4 is 10.5 Å². The average molecular weight is 277 g/mol. The van der Waals surface area contributed by atoms with Gasteiger partial charge in [-0.05, 0) is 41.0 Å². The molecule has 2 nitrogen and oxygen atoms in total. The fraction of sp³-hybridized carbons (Fsp3) is 0.158. The zero-order valence-electron chi connectivity index (χ0n) is 12.3. The first kappa shape index (κ1) is 13.7. The second kappa shape index (κ2) is 5.23. The van der Waals surface area contributed by atoms with Gasteiger partial charge < -0.3 is 10.5 Å². The Labute approximate surface area is 125 Å². The SMILES string of the molecule is COc1ccc(C(C)(N)c2cccc3ccccc23)cc1. The third-order valence-corrected chi connectivity index (χ3v) is 4.04. The Bertz CT molecular complexity index is 755. The summed E-state index contributed by atoms with van der Waals surface area (Å²) < 4.78 is 5.22. The van der Waals surface area contributed by atoms with Crippen LogP contribution in [0.4, 0.5) is 0 Å². The molecule has 0 saturated carbocycles. The lowest BCUT2D eigenvalue weighted by Crippen LogP contribution is -2.34. The number of fused-ring (bicyclic) bond motifs is 1. The van der Waals surface area contributed by atoms with Crippen molar-refractivity contribution in [3.63, 3.8) is 0 Å². The molecule has 2 N–H and O–H groups in total. The predicted molar refractivity (Wildman–Crippen MR) is 87.6 cm³/mol. The van der Waals surface area contributed by atoms with Crippen molar-refractivity contribution in [2.24, 2.45) is 5.73 Å². The Balaban J connectivity index is 2.14. The molecule has 0 heterocycles. The zero-order valence-corrected chi connectivity index (χ0v) is 12.3. The van der Waals surface area contributed by atoms with E-state index >= 15 is 0 Å². The van der Waals surface area contributed by atoms with Gasteiger partial charge in [0.1, 0.15) is 5.75 Å². The largest absolute Gasteiger partial charge is 0.497 e. The number of benzene rings is 3. The molecule has 0 radical (unpaired) electrons. The van der Waals surface area contributed by atoms with E-state index in [1.165, 1.54) is 10.8 Å². The van der Waals surface area contributed by atoms with Crippen LogP contribution in [0.2, 0.25) is 0 Å². The average Bonchev–Trinajstić information content (AvgIpc) is 2.54. The molecule has 0 aliphatic rings. The highest BCUT2D eigenvalue weighted by Crippen LogP contribution is 2.32. The van der Waals surface area contributed by atoms with E-state index in [0.717, 1.165) is 16.9 Å². The standard InChI is InChI=1S/C19H19NO/c1-19(20,15-10-12-16(21-2)13-11-15)18-9-5-7-14-6-3-4-8-17(14)18/h3-13H,20H2,1-2H3. The van der Waals surface area contributed by atoms with E-state index in [9.17, 15) is 0 Å². The summed E-state index contributed by atoms with van der Waals surface area (Å²) in [7, 11) is 1.67. The number of methoxy groups -OCH3 is 1. The van der Waals surface area contributed by atoms with Crippen molar-refractivity contribution in [2.75, 3.05) is 7.11 Å². The molecule has 1 atom stereocenters. The summed E-state index contributed by atoms with van der Waals surface area (Å²) in [6, 6.07) is 22.6. The lowest BCUT2D eigenvalue weighted by molar-refractivity contribution is 0.414. The van der Waals surface area contributed by atoms with E-state index in [1.54, 1.807) is 7.11 Å². The summed E-state index contributed by atoms with van der Waals surface area (Å²) in [6.45, 7) is 2.05. The molecule has 0 bridgehead atoms. The molecule has 0 aliphatic carbocycles. The van der Waals surface area contributed by atoms with Gasteiger partial charge in [0, 0.05) is 0 Å². The molecular formula is C19H19NO. The van der Waals surface area contributed by atoms with Gasteiger partial charge in [0.25, 0.3) is 0 Å². The predicted octanol–water partition coefficient (Wildman–Crippen LogP) is 4.07. The van der Waals surface area contributed by atoms with Crippen molar-refractivity contribution in [1.29, 1.82) is 0 Å². The van der Waals surface area contributed by atoms with Crippen molar-refractivity contribution in [2.45, 2.75) is 12.5 Å². The minimum absolute atomic E-state index is 0.548. The first-order valence-corrected chi connectivity index (χ1v) is 7.04. The Kier molecular flexibility index (Phi) is 3.40. The second-order valence-corrected chi connectivity index (χ2v) is 5.46. The third kappa shape index (κ3) is 2.39. The summed E-state index contributed by atoms with van der Waals surface area (Å²) in [6.07, 6.45) is 0. The Hall–Kier alpha value is -2.32. The van der Waals surface area contributed by atoms with Gasteiger partial charge in [-0.2, -0.15) is 0 Å². The van der Waals surface area contributed by atoms with E-state index in [4.69, 9.17) is 10.5 Å². The molecule has 1 unspecified atom stereocenters. The number of nitrogens with two attached hydrogens (primary N) is 1. The van der Waals surface area contributed by atoms with Gasteiger partial charge in [0.2, 0.25) is 0 Å². The molecule has 0 aliphatic heterocycles. The molecule has 0 fully saturated rings. The normalized spacial score (nSPS) is 13.9. The maximum atomic E-state index is 6.68. The minimum Gasteiger partial charge on any atom is -0.497 e. The number of ether oxygens (including phenoxy) is 1. The van der Waals surface area contributed by atoms with Crippen LogP contribution in [0.5, 0.6) is 5.75 Å². The lowest BCUT2D eigenvalue weighted by atomic mass is 9.83. The van der Waals surface area contributed by atoms with Crippen molar-refractivity contribution < 1.29 is 4.74 Å². The monoisotopic (exact) mass is 277 g/mol. The highest BCUT2D eigenvalue weighted by atomic mass is 16.5. The van der Waals surface area contributed by atoms with Gasteiger partial charge in [-0.15, -0.1) is 0 Å². The maximum Gasteiger partial charge on any atom is 0.118 e. The highest BCUT2D eigenvalue weighted by molar-refractivity contribution is 5.87. The van der Waals surface area contributed by atoms with Gasteiger partial charge in [0.15, 0.2) is 0 Å². The van der Waals surface area contributed by atoms with Gasteiger partial charge in [-0.1, -0.05) is 54.6 Å². The van der Waals surface area contributed by atoms with E-state index in [2.05, 4.69) is 43.3 Å². The Morgan fingerprint density at radius 3 is 2.24 bits per heavy atom. The van der Waals surface area contributed by atoms with Crippen LogP contribution in [0.25, 0.3) is 10.8 Å². The smallest absolute Gasteiger partial charge is 0.118 e. The number of rotatable bonds is 3. The fourth-order valence-corrected chi connectivity index (χ4v) is 2.77. The van der Waals surface area contributed by atoms with Crippen molar-refractivity contribution in [3.8, 4) is 5.75 Å². The number of hydrogen-bond acceptors (Lipinski definition) is 2. The number of hydrogen-bond donors (Lipinski definition) is 1. The quantitative estimate of drug-likeness (QED) is 0.783. The molecule has 3 aromatic rings. The molecule has 3 aromatic carbocycles. The minimum atomic E-state index is -0.548. The van der Waals surface area contributed by atoms with Crippen LogP contribution in [0.3, 0.4) is 0 Å². The summed E-state index contributed by atoms with van der Waals surface area (Å²) in [5.41, 5.74) is 8.33. The Morgan fingerprint density at radius 1 is 0.857 bits per heavy atom. The summed E-state index contributed by atoms with van der Waals surface area (Å²) in [4.78, 5) is 0. The molecule has 0 aromatic heterocycles. The van der Waals surface area contributed by atoms with E-state index in [1.807, 2.05) is 30.3 Å². The fourth-order valence-electron chi connectivity index (χ4n) is 2.77. The molecule has 106 valence electrons.